The average Bonchev–Trinajstić information content (AvgIpc) is 2.63. The Morgan fingerprint density at radius 2 is 1.64 bits per heavy atom. The van der Waals surface area contributed by atoms with Gasteiger partial charge in [-0.25, -0.2) is 0 Å². The van der Waals surface area contributed by atoms with Crippen LogP contribution in [0.3, 0.4) is 0 Å². The van der Waals surface area contributed by atoms with Crippen molar-refractivity contribution < 1.29 is 5.11 Å². The Morgan fingerprint density at radius 1 is 1.00 bits per heavy atom. The van der Waals surface area contributed by atoms with Crippen LogP contribution in [0.2, 0.25) is 0 Å². The van der Waals surface area contributed by atoms with Crippen molar-refractivity contribution in [2.45, 2.75) is 19.8 Å². The number of rotatable bonds is 3. The van der Waals surface area contributed by atoms with E-state index >= 15 is 0 Å². The summed E-state index contributed by atoms with van der Waals surface area (Å²) >= 11 is 5.57. The highest BCUT2D eigenvalue weighted by atomic mass is 32.1. The molecule has 1 aliphatic heterocycles. The minimum Gasteiger partial charge on any atom is -0.506 e. The van der Waals surface area contributed by atoms with Gasteiger partial charge < -0.3 is 20.2 Å². The van der Waals surface area contributed by atoms with E-state index < -0.39 is 0 Å². The first-order valence-corrected chi connectivity index (χ1v) is 9.14. The van der Waals surface area contributed by atoms with Crippen LogP contribution in [0.5, 0.6) is 5.75 Å². The molecule has 1 fully saturated rings. The zero-order valence-corrected chi connectivity index (χ0v) is 15.6. The highest BCUT2D eigenvalue weighted by Gasteiger charge is 2.20. The van der Waals surface area contributed by atoms with Gasteiger partial charge in [-0.3, -0.25) is 0 Å². The lowest BCUT2D eigenvalue weighted by Crippen LogP contribution is -2.50. The Bertz CT molecular complexity index is 722. The second kappa shape index (κ2) is 7.74. The van der Waals surface area contributed by atoms with Crippen molar-refractivity contribution in [1.82, 2.24) is 4.90 Å². The van der Waals surface area contributed by atoms with Crippen LogP contribution in [0.4, 0.5) is 11.4 Å². The van der Waals surface area contributed by atoms with E-state index in [1.807, 2.05) is 18.2 Å². The van der Waals surface area contributed by atoms with Crippen molar-refractivity contribution in [2.24, 2.45) is 0 Å². The Kier molecular flexibility index (Phi) is 5.43. The molecule has 0 radical (unpaired) electrons. The van der Waals surface area contributed by atoms with Gasteiger partial charge in [0, 0.05) is 31.9 Å². The number of anilines is 2. The van der Waals surface area contributed by atoms with Crippen molar-refractivity contribution in [3.8, 4) is 5.75 Å². The maximum atomic E-state index is 10.0. The van der Waals surface area contributed by atoms with Crippen molar-refractivity contribution >= 4 is 28.7 Å². The number of piperazine rings is 1. The summed E-state index contributed by atoms with van der Waals surface area (Å²) in [6, 6.07) is 15.9. The number of aromatic hydroxyl groups is 1. The average molecular weight is 356 g/mol. The predicted octanol–water partition coefficient (Wildman–Crippen LogP) is 4.03. The van der Waals surface area contributed by atoms with Gasteiger partial charge in [-0.1, -0.05) is 38.1 Å². The molecule has 1 aliphatic rings. The molecule has 25 heavy (non-hydrogen) atoms. The molecular formula is C20H25N3OS. The van der Waals surface area contributed by atoms with E-state index in [4.69, 9.17) is 12.2 Å². The molecule has 0 saturated carbocycles. The maximum Gasteiger partial charge on any atom is 0.173 e. The molecule has 0 aliphatic carbocycles. The molecule has 1 saturated heterocycles. The van der Waals surface area contributed by atoms with Crippen LogP contribution in [0.1, 0.15) is 25.3 Å². The molecule has 5 heteroatoms. The minimum atomic E-state index is 0.335. The SMILES string of the molecule is CC(C)c1ccc(NC(=S)N2CCN(c3ccccc3O)CC2)cc1. The third kappa shape index (κ3) is 4.23. The lowest BCUT2D eigenvalue weighted by molar-refractivity contribution is 0.387. The lowest BCUT2D eigenvalue weighted by Gasteiger charge is -2.37. The standard InChI is InChI=1S/C20H25N3OS/c1-15(2)16-7-9-17(10-8-16)21-20(25)23-13-11-22(12-14-23)18-5-3-4-6-19(18)24/h3-10,15,24H,11-14H2,1-2H3,(H,21,25). The monoisotopic (exact) mass is 355 g/mol. The Morgan fingerprint density at radius 3 is 2.24 bits per heavy atom. The molecular weight excluding hydrogens is 330 g/mol. The third-order valence-corrected chi connectivity index (χ3v) is 4.98. The van der Waals surface area contributed by atoms with E-state index in [-0.39, 0.29) is 0 Å². The van der Waals surface area contributed by atoms with Gasteiger partial charge in [-0.15, -0.1) is 0 Å². The van der Waals surface area contributed by atoms with E-state index in [0.29, 0.717) is 11.7 Å². The quantitative estimate of drug-likeness (QED) is 0.813. The summed E-state index contributed by atoms with van der Waals surface area (Å²) in [5.41, 5.74) is 3.25. The summed E-state index contributed by atoms with van der Waals surface area (Å²) in [5.74, 6) is 0.866. The van der Waals surface area contributed by atoms with Gasteiger partial charge in [0.05, 0.1) is 5.69 Å². The molecule has 0 amide bonds. The zero-order valence-electron chi connectivity index (χ0n) is 14.8. The number of nitrogens with zero attached hydrogens (tertiary/aromatic N) is 2. The number of phenolic OH excluding ortho intramolecular Hbond substituents is 1. The zero-order chi connectivity index (χ0) is 17.8. The molecule has 0 aromatic heterocycles. The molecule has 132 valence electrons. The molecule has 1 heterocycles. The summed E-state index contributed by atoms with van der Waals surface area (Å²) in [6.07, 6.45) is 0. The highest BCUT2D eigenvalue weighted by molar-refractivity contribution is 7.80. The van der Waals surface area contributed by atoms with E-state index in [0.717, 1.165) is 42.7 Å². The third-order valence-electron chi connectivity index (χ3n) is 4.62. The molecule has 3 rings (SSSR count). The summed E-state index contributed by atoms with van der Waals surface area (Å²) in [7, 11) is 0. The molecule has 0 atom stereocenters. The predicted molar refractivity (Wildman–Crippen MR) is 109 cm³/mol. The first kappa shape index (κ1) is 17.5. The van der Waals surface area contributed by atoms with E-state index in [2.05, 4.69) is 53.2 Å². The first-order chi connectivity index (χ1) is 12.0. The van der Waals surface area contributed by atoms with Crippen LogP contribution in [0, 0.1) is 0 Å². The van der Waals surface area contributed by atoms with Gasteiger partial charge in [0.15, 0.2) is 5.11 Å². The topological polar surface area (TPSA) is 38.7 Å². The Balaban J connectivity index is 1.55. The second-order valence-electron chi connectivity index (χ2n) is 6.67. The Labute approximate surface area is 155 Å². The molecule has 0 unspecified atom stereocenters. The van der Waals surface area contributed by atoms with Crippen molar-refractivity contribution in [3.05, 3.63) is 54.1 Å². The smallest absolute Gasteiger partial charge is 0.173 e. The summed E-state index contributed by atoms with van der Waals surface area (Å²) in [6.45, 7) is 7.74. The van der Waals surface area contributed by atoms with Crippen molar-refractivity contribution in [1.29, 1.82) is 0 Å². The molecule has 2 aromatic carbocycles. The fourth-order valence-electron chi connectivity index (χ4n) is 3.04. The Hall–Kier alpha value is -2.27. The van der Waals surface area contributed by atoms with Crippen LogP contribution in [-0.4, -0.2) is 41.3 Å². The van der Waals surface area contributed by atoms with E-state index in [1.165, 1.54) is 5.56 Å². The number of hydrogen-bond acceptors (Lipinski definition) is 3. The largest absolute Gasteiger partial charge is 0.506 e. The van der Waals surface area contributed by atoms with Crippen LogP contribution < -0.4 is 10.2 Å². The highest BCUT2D eigenvalue weighted by Crippen LogP contribution is 2.27. The summed E-state index contributed by atoms with van der Waals surface area (Å²) < 4.78 is 0. The van der Waals surface area contributed by atoms with Gasteiger partial charge in [-0.05, 0) is 48.0 Å². The van der Waals surface area contributed by atoms with Crippen LogP contribution >= 0.6 is 12.2 Å². The summed E-state index contributed by atoms with van der Waals surface area (Å²) in [5, 5.41) is 14.1. The number of hydrogen-bond donors (Lipinski definition) is 2. The molecule has 4 nitrogen and oxygen atoms in total. The summed E-state index contributed by atoms with van der Waals surface area (Å²) in [4.78, 5) is 4.38. The molecule has 0 bridgehead atoms. The van der Waals surface area contributed by atoms with Crippen molar-refractivity contribution in [3.63, 3.8) is 0 Å². The van der Waals surface area contributed by atoms with E-state index in [1.54, 1.807) is 6.07 Å². The number of para-hydroxylation sites is 2. The lowest BCUT2D eigenvalue weighted by atomic mass is 10.0. The molecule has 2 aromatic rings. The fraction of sp³-hybridized carbons (Fsp3) is 0.350. The van der Waals surface area contributed by atoms with Gasteiger partial charge in [0.2, 0.25) is 0 Å². The second-order valence-corrected chi connectivity index (χ2v) is 7.06. The number of thiocarbonyl (C=S) groups is 1. The fourth-order valence-corrected chi connectivity index (χ4v) is 3.34. The van der Waals surface area contributed by atoms with Gasteiger partial charge >= 0.3 is 0 Å². The van der Waals surface area contributed by atoms with Crippen LogP contribution in [0.25, 0.3) is 0 Å². The number of nitrogens with one attached hydrogen (secondary N) is 1. The molecule has 0 spiro atoms. The number of phenols is 1. The maximum absolute atomic E-state index is 10.0. The van der Waals surface area contributed by atoms with Crippen molar-refractivity contribution in [2.75, 3.05) is 36.4 Å². The van der Waals surface area contributed by atoms with Crippen LogP contribution in [0.15, 0.2) is 48.5 Å². The van der Waals surface area contributed by atoms with Gasteiger partial charge in [0.25, 0.3) is 0 Å². The minimum absolute atomic E-state index is 0.335. The normalized spacial score (nSPS) is 14.7. The number of benzene rings is 2. The van der Waals surface area contributed by atoms with E-state index in [9.17, 15) is 5.11 Å². The first-order valence-electron chi connectivity index (χ1n) is 8.73. The van der Waals surface area contributed by atoms with Crippen LogP contribution in [-0.2, 0) is 0 Å². The van der Waals surface area contributed by atoms with Gasteiger partial charge in [-0.2, -0.15) is 0 Å². The molecule has 2 N–H and O–H groups in total. The van der Waals surface area contributed by atoms with Gasteiger partial charge in [0.1, 0.15) is 5.75 Å².